The fourth-order valence-electron chi connectivity index (χ4n) is 0.617. The van der Waals surface area contributed by atoms with E-state index in [0.29, 0.717) is 5.82 Å². The van der Waals surface area contributed by atoms with Crippen molar-refractivity contribution in [3.05, 3.63) is 24.6 Å². The third kappa shape index (κ3) is 3.07. The molecule has 0 rings (SSSR count). The zero-order chi connectivity index (χ0) is 8.15. The van der Waals surface area contributed by atoms with Crippen LogP contribution in [0.1, 0.15) is 6.92 Å². The van der Waals surface area contributed by atoms with E-state index in [-0.39, 0.29) is 0 Å². The van der Waals surface area contributed by atoms with Crippen molar-refractivity contribution < 1.29 is 0 Å². The SMILES string of the molecule is C=NC(=C)N(C)CC(=C)C. The quantitative estimate of drug-likeness (QED) is 0.426. The topological polar surface area (TPSA) is 15.6 Å². The molecule has 2 nitrogen and oxygen atoms in total. The van der Waals surface area contributed by atoms with Gasteiger partial charge in [-0.15, -0.1) is 0 Å². The maximum atomic E-state index is 3.77. The first kappa shape index (κ1) is 8.95. The molecule has 0 aliphatic rings. The molecule has 0 saturated heterocycles. The maximum Gasteiger partial charge on any atom is 0.120 e. The first-order chi connectivity index (χ1) is 4.57. The van der Waals surface area contributed by atoms with Gasteiger partial charge in [-0.3, -0.25) is 0 Å². The molecule has 0 aromatic heterocycles. The van der Waals surface area contributed by atoms with Crippen molar-refractivity contribution in [1.82, 2.24) is 4.90 Å². The molecule has 0 aliphatic heterocycles. The van der Waals surface area contributed by atoms with E-state index < -0.39 is 0 Å². The van der Waals surface area contributed by atoms with E-state index in [2.05, 4.69) is 24.9 Å². The van der Waals surface area contributed by atoms with Crippen LogP contribution in [0, 0.1) is 0 Å². The summed E-state index contributed by atoms with van der Waals surface area (Å²) >= 11 is 0. The minimum absolute atomic E-state index is 0.683. The van der Waals surface area contributed by atoms with Crippen LogP contribution in [0.3, 0.4) is 0 Å². The molecule has 10 heavy (non-hydrogen) atoms. The lowest BCUT2D eigenvalue weighted by Gasteiger charge is -2.17. The van der Waals surface area contributed by atoms with Crippen molar-refractivity contribution in [3.63, 3.8) is 0 Å². The highest BCUT2D eigenvalue weighted by molar-refractivity contribution is 5.27. The molecule has 0 aromatic carbocycles. The molecular formula is C8H14N2. The lowest BCUT2D eigenvalue weighted by Crippen LogP contribution is -2.17. The second-order valence-electron chi connectivity index (χ2n) is 2.39. The second-order valence-corrected chi connectivity index (χ2v) is 2.39. The Hall–Kier alpha value is -1.05. The minimum Gasteiger partial charge on any atom is -0.356 e. The number of hydrogen-bond donors (Lipinski definition) is 0. The third-order valence-corrected chi connectivity index (χ3v) is 1.13. The lowest BCUT2D eigenvalue weighted by molar-refractivity contribution is 0.452. The van der Waals surface area contributed by atoms with E-state index in [9.17, 15) is 0 Å². The predicted molar refractivity (Wildman–Crippen MR) is 46.1 cm³/mol. The zero-order valence-corrected chi connectivity index (χ0v) is 6.72. The molecule has 0 unspecified atom stereocenters. The van der Waals surface area contributed by atoms with Gasteiger partial charge >= 0.3 is 0 Å². The van der Waals surface area contributed by atoms with Gasteiger partial charge < -0.3 is 4.90 Å². The van der Waals surface area contributed by atoms with Gasteiger partial charge in [0, 0.05) is 13.6 Å². The van der Waals surface area contributed by atoms with Crippen molar-refractivity contribution >= 4 is 6.72 Å². The molecule has 0 spiro atoms. The molecule has 0 saturated carbocycles. The smallest absolute Gasteiger partial charge is 0.120 e. The van der Waals surface area contributed by atoms with Crippen molar-refractivity contribution in [1.29, 1.82) is 0 Å². The Morgan fingerprint density at radius 3 is 2.30 bits per heavy atom. The third-order valence-electron chi connectivity index (χ3n) is 1.13. The molecule has 0 fully saturated rings. The van der Waals surface area contributed by atoms with Crippen LogP contribution in [0.2, 0.25) is 0 Å². The molecule has 56 valence electrons. The minimum atomic E-state index is 0.683. The molecular weight excluding hydrogens is 124 g/mol. The van der Waals surface area contributed by atoms with E-state index in [1.165, 1.54) is 0 Å². The van der Waals surface area contributed by atoms with E-state index in [4.69, 9.17) is 0 Å². The first-order valence-corrected chi connectivity index (χ1v) is 3.09. The van der Waals surface area contributed by atoms with Crippen LogP contribution >= 0.6 is 0 Å². The standard InChI is InChI=1S/C8H14N2/c1-7(2)6-10(5)8(3)9-4/h1,3-4,6H2,2,5H3. The van der Waals surface area contributed by atoms with Gasteiger partial charge in [0.1, 0.15) is 5.82 Å². The van der Waals surface area contributed by atoms with Gasteiger partial charge in [0.2, 0.25) is 0 Å². The van der Waals surface area contributed by atoms with Crippen molar-refractivity contribution in [2.45, 2.75) is 6.92 Å². The Morgan fingerprint density at radius 2 is 2.00 bits per heavy atom. The summed E-state index contributed by atoms with van der Waals surface area (Å²) in [6.07, 6.45) is 0. The Morgan fingerprint density at radius 1 is 1.50 bits per heavy atom. The van der Waals surface area contributed by atoms with Gasteiger partial charge in [-0.05, 0) is 13.6 Å². The zero-order valence-electron chi connectivity index (χ0n) is 6.72. The van der Waals surface area contributed by atoms with Crippen molar-refractivity contribution in [3.8, 4) is 0 Å². The fourth-order valence-corrected chi connectivity index (χ4v) is 0.617. The fraction of sp³-hybridized carbons (Fsp3) is 0.375. The molecule has 0 bridgehead atoms. The Balaban J connectivity index is 3.84. The van der Waals surface area contributed by atoms with Crippen molar-refractivity contribution in [2.24, 2.45) is 4.99 Å². The van der Waals surface area contributed by atoms with Crippen LogP contribution in [0.5, 0.6) is 0 Å². The average Bonchev–Trinajstić information content (AvgIpc) is 1.85. The summed E-state index contributed by atoms with van der Waals surface area (Å²) in [5.74, 6) is 0.683. The molecule has 0 atom stereocenters. The van der Waals surface area contributed by atoms with Gasteiger partial charge in [0.25, 0.3) is 0 Å². The van der Waals surface area contributed by atoms with Crippen LogP contribution in [-0.2, 0) is 0 Å². The predicted octanol–water partition coefficient (Wildman–Crippen LogP) is 1.67. The molecule has 0 N–H and O–H groups in total. The summed E-state index contributed by atoms with van der Waals surface area (Å²) in [6, 6.07) is 0. The summed E-state index contributed by atoms with van der Waals surface area (Å²) in [7, 11) is 1.91. The monoisotopic (exact) mass is 138 g/mol. The van der Waals surface area contributed by atoms with Crippen molar-refractivity contribution in [2.75, 3.05) is 13.6 Å². The molecule has 0 amide bonds. The highest BCUT2D eigenvalue weighted by Gasteiger charge is 1.96. The summed E-state index contributed by atoms with van der Waals surface area (Å²) in [5.41, 5.74) is 1.09. The Labute approximate surface area is 62.6 Å². The number of rotatable bonds is 4. The van der Waals surface area contributed by atoms with Gasteiger partial charge in [-0.2, -0.15) is 0 Å². The molecule has 0 radical (unpaired) electrons. The number of nitrogens with zero attached hydrogens (tertiary/aromatic N) is 2. The Kier molecular flexibility index (Phi) is 3.47. The average molecular weight is 138 g/mol. The highest BCUT2D eigenvalue weighted by atomic mass is 15.2. The molecule has 0 aromatic rings. The van der Waals surface area contributed by atoms with Gasteiger partial charge in [0.15, 0.2) is 0 Å². The Bertz CT molecular complexity index is 159. The number of aliphatic imine (C=N–C) groups is 1. The van der Waals surface area contributed by atoms with E-state index in [1.807, 2.05) is 18.9 Å². The van der Waals surface area contributed by atoms with E-state index in [0.717, 1.165) is 12.1 Å². The van der Waals surface area contributed by atoms with Crippen LogP contribution in [0.15, 0.2) is 29.5 Å². The van der Waals surface area contributed by atoms with E-state index >= 15 is 0 Å². The summed E-state index contributed by atoms with van der Waals surface area (Å²) in [5, 5.41) is 0. The second kappa shape index (κ2) is 3.88. The summed E-state index contributed by atoms with van der Waals surface area (Å²) < 4.78 is 0. The van der Waals surface area contributed by atoms with Gasteiger partial charge in [-0.1, -0.05) is 18.7 Å². The lowest BCUT2D eigenvalue weighted by atomic mass is 10.3. The van der Waals surface area contributed by atoms with E-state index in [1.54, 1.807) is 0 Å². The first-order valence-electron chi connectivity index (χ1n) is 3.09. The van der Waals surface area contributed by atoms with Crippen LogP contribution in [-0.4, -0.2) is 25.2 Å². The summed E-state index contributed by atoms with van der Waals surface area (Å²) in [6.45, 7) is 13.6. The molecule has 0 heterocycles. The van der Waals surface area contributed by atoms with Gasteiger partial charge in [0.05, 0.1) is 0 Å². The molecule has 0 aliphatic carbocycles. The summed E-state index contributed by atoms with van der Waals surface area (Å²) in [4.78, 5) is 5.58. The highest BCUT2D eigenvalue weighted by Crippen LogP contribution is 2.00. The van der Waals surface area contributed by atoms with Crippen LogP contribution in [0.4, 0.5) is 0 Å². The van der Waals surface area contributed by atoms with Gasteiger partial charge in [-0.25, -0.2) is 4.99 Å². The number of likely N-dealkylation sites (N-methyl/N-ethyl adjacent to an activating group) is 1. The number of hydrogen-bond acceptors (Lipinski definition) is 2. The maximum absolute atomic E-state index is 3.77. The van der Waals surface area contributed by atoms with Crippen LogP contribution in [0.25, 0.3) is 0 Å². The molecule has 2 heteroatoms. The normalized spacial score (nSPS) is 8.60. The largest absolute Gasteiger partial charge is 0.356 e. The van der Waals surface area contributed by atoms with Crippen LogP contribution < -0.4 is 0 Å².